The molecule has 0 bridgehead atoms. The third kappa shape index (κ3) is 3.46. The van der Waals surface area contributed by atoms with E-state index in [0.717, 1.165) is 42.9 Å². The second-order valence-electron chi connectivity index (χ2n) is 7.20. The third-order valence-electron chi connectivity index (χ3n) is 5.45. The quantitative estimate of drug-likeness (QED) is 0.591. The van der Waals surface area contributed by atoms with Crippen molar-refractivity contribution in [1.29, 1.82) is 0 Å². The Morgan fingerprint density at radius 3 is 2.61 bits per heavy atom. The lowest BCUT2D eigenvalue weighted by molar-refractivity contribution is -0.151. The predicted molar refractivity (Wildman–Crippen MR) is 106 cm³/mol. The van der Waals surface area contributed by atoms with E-state index in [-0.39, 0.29) is 17.9 Å². The number of fused-ring (bicyclic) bond motifs is 1. The number of thioether (sulfide) groups is 1. The van der Waals surface area contributed by atoms with Gasteiger partial charge in [-0.25, -0.2) is 4.79 Å². The number of hydrogen-bond acceptors (Lipinski definition) is 7. The van der Waals surface area contributed by atoms with E-state index < -0.39 is 12.0 Å². The highest BCUT2D eigenvalue weighted by molar-refractivity contribution is 8.00. The Balaban J connectivity index is 1.54. The van der Waals surface area contributed by atoms with Crippen LogP contribution in [0.15, 0.2) is 35.7 Å². The van der Waals surface area contributed by atoms with Gasteiger partial charge in [-0.3, -0.25) is 9.69 Å². The number of nitrogens with two attached hydrogens (primary N) is 1. The minimum atomic E-state index is -0.544. The summed E-state index contributed by atoms with van der Waals surface area (Å²) in [7, 11) is 1.61. The Kier molecular flexibility index (Phi) is 5.50. The van der Waals surface area contributed by atoms with Crippen LogP contribution in [0.3, 0.4) is 0 Å². The van der Waals surface area contributed by atoms with Crippen molar-refractivity contribution in [2.75, 3.05) is 26.0 Å². The number of benzene rings is 1. The normalized spacial score (nSPS) is 24.6. The Labute approximate surface area is 168 Å². The molecule has 3 heterocycles. The van der Waals surface area contributed by atoms with E-state index >= 15 is 0 Å². The first-order valence-electron chi connectivity index (χ1n) is 9.58. The zero-order valence-corrected chi connectivity index (χ0v) is 16.7. The fourth-order valence-electron chi connectivity index (χ4n) is 3.83. The highest BCUT2D eigenvalue weighted by atomic mass is 32.2. The number of amides is 1. The topological polar surface area (TPSA) is 85.1 Å². The number of likely N-dealkylation sites (tertiary alicyclic amines) is 1. The number of methoxy groups -OCH3 is 1. The van der Waals surface area contributed by atoms with Gasteiger partial charge in [-0.2, -0.15) is 0 Å². The molecule has 150 valence electrons. The Hall–Kier alpha value is -2.19. The molecule has 2 saturated heterocycles. The molecule has 1 aromatic carbocycles. The van der Waals surface area contributed by atoms with Crippen molar-refractivity contribution in [1.82, 2.24) is 9.80 Å². The molecule has 28 heavy (non-hydrogen) atoms. The van der Waals surface area contributed by atoms with E-state index in [1.807, 2.05) is 24.3 Å². The molecular formula is C20H25N3O4S. The van der Waals surface area contributed by atoms with Crippen molar-refractivity contribution in [2.24, 2.45) is 5.73 Å². The molecule has 7 nitrogen and oxygen atoms in total. The average molecular weight is 404 g/mol. The van der Waals surface area contributed by atoms with Crippen LogP contribution >= 0.6 is 11.8 Å². The molecule has 1 unspecified atom stereocenters. The molecule has 0 radical (unpaired) electrons. The predicted octanol–water partition coefficient (Wildman–Crippen LogP) is 1.68. The summed E-state index contributed by atoms with van der Waals surface area (Å²) in [5.41, 5.74) is 8.09. The minimum absolute atomic E-state index is 0.144. The lowest BCUT2D eigenvalue weighted by Crippen LogP contribution is -2.69. The first-order valence-corrected chi connectivity index (χ1v) is 10.6. The van der Waals surface area contributed by atoms with E-state index in [9.17, 15) is 9.59 Å². The van der Waals surface area contributed by atoms with Crippen molar-refractivity contribution >= 4 is 23.6 Å². The first-order chi connectivity index (χ1) is 13.6. The molecule has 0 aromatic heterocycles. The van der Waals surface area contributed by atoms with Gasteiger partial charge in [0.05, 0.1) is 12.8 Å². The van der Waals surface area contributed by atoms with Crippen molar-refractivity contribution in [3.05, 3.63) is 41.2 Å². The van der Waals surface area contributed by atoms with E-state index in [2.05, 4.69) is 4.90 Å². The first kappa shape index (κ1) is 19.1. The molecule has 2 fully saturated rings. The van der Waals surface area contributed by atoms with Gasteiger partial charge in [-0.15, -0.1) is 11.8 Å². The molecule has 3 aliphatic heterocycles. The second kappa shape index (κ2) is 8.05. The van der Waals surface area contributed by atoms with Gasteiger partial charge in [0.25, 0.3) is 0 Å². The molecular weight excluding hydrogens is 378 g/mol. The summed E-state index contributed by atoms with van der Waals surface area (Å²) in [5, 5.41) is -0.176. The molecule has 8 heteroatoms. The van der Waals surface area contributed by atoms with Crippen LogP contribution in [-0.2, 0) is 20.9 Å². The van der Waals surface area contributed by atoms with Crippen LogP contribution in [0.4, 0.5) is 0 Å². The second-order valence-corrected chi connectivity index (χ2v) is 8.31. The summed E-state index contributed by atoms with van der Waals surface area (Å²) in [5.74, 6) is 0.761. The summed E-state index contributed by atoms with van der Waals surface area (Å²) < 4.78 is 10.7. The number of carbonyl (C=O) groups is 2. The van der Waals surface area contributed by atoms with Crippen LogP contribution in [0.1, 0.15) is 24.8 Å². The lowest BCUT2D eigenvalue weighted by atomic mass is 10.0. The van der Waals surface area contributed by atoms with Gasteiger partial charge in [-0.1, -0.05) is 12.1 Å². The summed E-state index contributed by atoms with van der Waals surface area (Å²) in [6.07, 6.45) is 3.39. The summed E-state index contributed by atoms with van der Waals surface area (Å²) in [4.78, 5) is 29.2. The highest BCUT2D eigenvalue weighted by Crippen LogP contribution is 2.41. The maximum atomic E-state index is 13.0. The maximum Gasteiger partial charge on any atom is 0.357 e. The Morgan fingerprint density at radius 2 is 1.93 bits per heavy atom. The van der Waals surface area contributed by atoms with Crippen molar-refractivity contribution < 1.29 is 19.1 Å². The Bertz CT molecular complexity index is 789. The number of esters is 1. The molecule has 1 amide bonds. The number of rotatable bonds is 5. The van der Waals surface area contributed by atoms with Gasteiger partial charge in [0, 0.05) is 18.8 Å². The number of β-lactam (4-membered cyclic amide) rings is 1. The van der Waals surface area contributed by atoms with Crippen LogP contribution < -0.4 is 10.5 Å². The van der Waals surface area contributed by atoms with Gasteiger partial charge < -0.3 is 20.1 Å². The number of carbonyl (C=O) groups excluding carboxylic acids is 2. The molecule has 1 aromatic rings. The van der Waals surface area contributed by atoms with E-state index in [1.165, 1.54) is 6.42 Å². The molecule has 0 spiro atoms. The summed E-state index contributed by atoms with van der Waals surface area (Å²) in [6.45, 7) is 1.96. The number of ether oxygens (including phenoxy) is 2. The fraction of sp³-hybridized carbons (Fsp3) is 0.500. The fourth-order valence-corrected chi connectivity index (χ4v) is 5.16. The lowest BCUT2D eigenvalue weighted by Gasteiger charge is -2.49. The van der Waals surface area contributed by atoms with Crippen molar-refractivity contribution in [3.63, 3.8) is 0 Å². The zero-order chi connectivity index (χ0) is 19.7. The van der Waals surface area contributed by atoms with Crippen LogP contribution in [-0.4, -0.2) is 59.0 Å². The molecule has 2 N–H and O–H groups in total. The van der Waals surface area contributed by atoms with E-state index in [4.69, 9.17) is 15.2 Å². The van der Waals surface area contributed by atoms with Gasteiger partial charge in [0.2, 0.25) is 5.91 Å². The number of hydrogen-bond donors (Lipinski definition) is 1. The minimum Gasteiger partial charge on any atom is -0.497 e. The maximum absolute atomic E-state index is 13.0. The molecule has 0 aliphatic carbocycles. The molecule has 4 rings (SSSR count). The van der Waals surface area contributed by atoms with Crippen molar-refractivity contribution in [2.45, 2.75) is 37.3 Å². The van der Waals surface area contributed by atoms with Crippen LogP contribution in [0.25, 0.3) is 0 Å². The van der Waals surface area contributed by atoms with Crippen LogP contribution in [0.2, 0.25) is 0 Å². The van der Waals surface area contributed by atoms with Crippen LogP contribution in [0, 0.1) is 0 Å². The van der Waals surface area contributed by atoms with Crippen LogP contribution in [0.5, 0.6) is 5.75 Å². The molecule has 3 aliphatic rings. The smallest absolute Gasteiger partial charge is 0.357 e. The zero-order valence-electron chi connectivity index (χ0n) is 15.9. The molecule has 2 atom stereocenters. The largest absolute Gasteiger partial charge is 0.497 e. The van der Waals surface area contributed by atoms with Gasteiger partial charge in [-0.05, 0) is 37.0 Å². The highest BCUT2D eigenvalue weighted by Gasteiger charge is 2.52. The number of nitrogens with zero attached hydrogens (tertiary/aromatic N) is 2. The Morgan fingerprint density at radius 1 is 1.21 bits per heavy atom. The van der Waals surface area contributed by atoms with Gasteiger partial charge in [0.15, 0.2) is 5.70 Å². The summed E-state index contributed by atoms with van der Waals surface area (Å²) >= 11 is 1.63. The van der Waals surface area contributed by atoms with Crippen molar-refractivity contribution in [3.8, 4) is 5.75 Å². The molecule has 0 saturated carbocycles. The van der Waals surface area contributed by atoms with Gasteiger partial charge >= 0.3 is 5.97 Å². The van der Waals surface area contributed by atoms with Gasteiger partial charge in [0.1, 0.15) is 23.8 Å². The van der Waals surface area contributed by atoms with E-state index in [0.29, 0.717) is 11.4 Å². The summed E-state index contributed by atoms with van der Waals surface area (Å²) in [6, 6.07) is 6.82. The average Bonchev–Trinajstić information content (AvgIpc) is 2.76. The third-order valence-corrected chi connectivity index (χ3v) is 6.74. The SMILES string of the molecule is COc1ccc(COC(=O)C2=C(N3CCCCC3)CS[C@H]3C(N)C(=O)N23)cc1. The number of piperidine rings is 1. The van der Waals surface area contributed by atoms with E-state index in [1.54, 1.807) is 23.8 Å². The monoisotopic (exact) mass is 403 g/mol. The standard InChI is InChI=1S/C20H25N3O4S/c1-26-14-7-5-13(6-8-14)11-27-20(25)17-15(22-9-3-2-4-10-22)12-28-19-16(21)18(24)23(17)19/h5-8,16,19H,2-4,9-12,21H2,1H3/t16?,19-/m0/s1.